The van der Waals surface area contributed by atoms with Gasteiger partial charge in [-0.05, 0) is 25.0 Å². The van der Waals surface area contributed by atoms with Crippen LogP contribution < -0.4 is 0 Å². The fourth-order valence-electron chi connectivity index (χ4n) is 3.74. The summed E-state index contributed by atoms with van der Waals surface area (Å²) < 4.78 is 12.4. The lowest BCUT2D eigenvalue weighted by molar-refractivity contribution is 0.131. The van der Waals surface area contributed by atoms with Crippen molar-refractivity contribution in [1.29, 1.82) is 0 Å². The summed E-state index contributed by atoms with van der Waals surface area (Å²) in [5.41, 5.74) is 1.20. The second-order valence-electron chi connectivity index (χ2n) is 7.89. The molecule has 0 amide bonds. The molecule has 0 aliphatic carbocycles. The Kier molecular flexibility index (Phi) is 5.39. The van der Waals surface area contributed by atoms with Gasteiger partial charge in [0.1, 0.15) is 29.7 Å². The molecule has 2 aromatic carbocycles. The van der Waals surface area contributed by atoms with E-state index in [-0.39, 0.29) is 37.5 Å². The molecule has 0 spiro atoms. The Morgan fingerprint density at radius 3 is 1.45 bits per heavy atom. The first kappa shape index (κ1) is 19.6. The zero-order valence-electron chi connectivity index (χ0n) is 16.6. The predicted octanol–water partition coefficient (Wildman–Crippen LogP) is 3.07. The molecule has 6 heteroatoms. The van der Waals surface area contributed by atoms with E-state index in [0.717, 1.165) is 11.1 Å². The molecule has 0 saturated heterocycles. The average molecular weight is 394 g/mol. The molecule has 2 heterocycles. The van der Waals surface area contributed by atoms with Crippen molar-refractivity contribution in [3.8, 4) is 0 Å². The van der Waals surface area contributed by atoms with Crippen LogP contribution in [-0.4, -0.2) is 47.3 Å². The number of benzene rings is 2. The maximum atomic E-state index is 9.84. The third kappa shape index (κ3) is 3.66. The Balaban J connectivity index is 1.58. The van der Waals surface area contributed by atoms with Crippen molar-refractivity contribution in [2.24, 2.45) is 15.4 Å². The highest BCUT2D eigenvalue weighted by atomic mass is 16.5. The molecule has 0 bridgehead atoms. The summed E-state index contributed by atoms with van der Waals surface area (Å²) in [7, 11) is 0. The molecule has 0 radical (unpaired) electrons. The zero-order valence-corrected chi connectivity index (χ0v) is 16.6. The molecular weight excluding hydrogens is 368 g/mol. The van der Waals surface area contributed by atoms with Crippen molar-refractivity contribution in [3.05, 3.63) is 71.8 Å². The fraction of sp³-hybridized carbons (Fsp3) is 0.391. The quantitative estimate of drug-likeness (QED) is 0.789. The zero-order chi connectivity index (χ0) is 20.4. The van der Waals surface area contributed by atoms with Gasteiger partial charge in [-0.2, -0.15) is 0 Å². The number of aliphatic hydroxyl groups excluding tert-OH is 2. The highest BCUT2D eigenvalue weighted by Gasteiger charge is 2.46. The maximum absolute atomic E-state index is 9.84. The molecule has 29 heavy (non-hydrogen) atoms. The average Bonchev–Trinajstić information content (AvgIpc) is 3.40. The minimum Gasteiger partial charge on any atom is -0.470 e. The van der Waals surface area contributed by atoms with Gasteiger partial charge >= 0.3 is 0 Å². The first-order valence-corrected chi connectivity index (χ1v) is 9.86. The van der Waals surface area contributed by atoms with Crippen LogP contribution in [0.4, 0.5) is 0 Å². The lowest BCUT2D eigenvalue weighted by Crippen LogP contribution is -2.34. The summed E-state index contributed by atoms with van der Waals surface area (Å²) >= 11 is 0. The molecule has 2 N–H and O–H groups in total. The highest BCUT2D eigenvalue weighted by Crippen LogP contribution is 2.40. The van der Waals surface area contributed by atoms with E-state index in [1.165, 1.54) is 0 Å². The van der Waals surface area contributed by atoms with Gasteiger partial charge in [-0.3, -0.25) is 0 Å². The fourth-order valence-corrected chi connectivity index (χ4v) is 3.74. The van der Waals surface area contributed by atoms with Crippen LogP contribution in [0.3, 0.4) is 0 Å². The third-order valence-electron chi connectivity index (χ3n) is 5.44. The van der Waals surface area contributed by atoms with Gasteiger partial charge in [-0.1, -0.05) is 60.7 Å². The summed E-state index contributed by atoms with van der Waals surface area (Å²) in [4.78, 5) is 9.30. The molecule has 2 aliphatic rings. The highest BCUT2D eigenvalue weighted by molar-refractivity contribution is 6.05. The summed E-state index contributed by atoms with van der Waals surface area (Å²) in [6, 6.07) is 18.8. The molecule has 0 saturated carbocycles. The van der Waals surface area contributed by atoms with Crippen molar-refractivity contribution < 1.29 is 19.7 Å². The Morgan fingerprint density at radius 2 is 1.10 bits per heavy atom. The largest absolute Gasteiger partial charge is 0.470 e. The Bertz CT molecular complexity index is 822. The number of hydrogen-bond donors (Lipinski definition) is 2. The maximum Gasteiger partial charge on any atom is 0.199 e. The number of hydrogen-bond acceptors (Lipinski definition) is 6. The minimum atomic E-state index is -0.728. The van der Waals surface area contributed by atoms with E-state index in [1.54, 1.807) is 0 Å². The normalized spacial score (nSPS) is 26.5. The first-order chi connectivity index (χ1) is 14.0. The molecule has 4 rings (SSSR count). The number of aliphatic imine (C=N–C) groups is 2. The Hall–Kier alpha value is -2.70. The molecule has 4 unspecified atom stereocenters. The van der Waals surface area contributed by atoms with Crippen molar-refractivity contribution >= 4 is 11.8 Å². The molecular formula is C23H26N2O4. The van der Waals surface area contributed by atoms with Gasteiger partial charge in [-0.15, -0.1) is 0 Å². The van der Waals surface area contributed by atoms with Gasteiger partial charge in [0.15, 0.2) is 11.8 Å². The molecule has 152 valence electrons. The molecule has 0 fully saturated rings. The lowest BCUT2D eigenvalue weighted by atomic mass is 9.93. The van der Waals surface area contributed by atoms with Crippen LogP contribution in [0.15, 0.2) is 70.6 Å². The SMILES string of the molecule is CC(C)(C1=NC(CO)C(c2ccccc2)O1)C1=NC(CO)C(c2ccccc2)O1. The van der Waals surface area contributed by atoms with Crippen LogP contribution in [0.5, 0.6) is 0 Å². The first-order valence-electron chi connectivity index (χ1n) is 9.86. The van der Waals surface area contributed by atoms with E-state index in [9.17, 15) is 10.2 Å². The third-order valence-corrected chi connectivity index (χ3v) is 5.44. The number of ether oxygens (including phenoxy) is 2. The van der Waals surface area contributed by atoms with Gasteiger partial charge < -0.3 is 19.7 Å². The second kappa shape index (κ2) is 7.97. The van der Waals surface area contributed by atoms with Gasteiger partial charge in [0.05, 0.1) is 13.2 Å². The van der Waals surface area contributed by atoms with Crippen LogP contribution in [-0.2, 0) is 9.47 Å². The Labute approximate surface area is 170 Å². The second-order valence-corrected chi connectivity index (χ2v) is 7.89. The molecule has 4 atom stereocenters. The van der Waals surface area contributed by atoms with Crippen LogP contribution in [0.2, 0.25) is 0 Å². The van der Waals surface area contributed by atoms with Gasteiger partial charge in [0.2, 0.25) is 0 Å². The van der Waals surface area contributed by atoms with Crippen LogP contribution >= 0.6 is 0 Å². The van der Waals surface area contributed by atoms with E-state index in [0.29, 0.717) is 11.8 Å². The van der Waals surface area contributed by atoms with Gasteiger partial charge in [-0.25, -0.2) is 9.98 Å². The van der Waals surface area contributed by atoms with Crippen molar-refractivity contribution in [1.82, 2.24) is 0 Å². The van der Waals surface area contributed by atoms with Gasteiger partial charge in [0, 0.05) is 0 Å². The van der Waals surface area contributed by atoms with E-state index >= 15 is 0 Å². The van der Waals surface area contributed by atoms with Gasteiger partial charge in [0.25, 0.3) is 0 Å². The van der Waals surface area contributed by atoms with Crippen LogP contribution in [0.25, 0.3) is 0 Å². The monoisotopic (exact) mass is 394 g/mol. The number of rotatable bonds is 6. The number of aliphatic hydroxyl groups is 2. The summed E-state index contributed by atoms with van der Waals surface area (Å²) in [6.45, 7) is 3.65. The lowest BCUT2D eigenvalue weighted by Gasteiger charge is -2.26. The molecule has 2 aliphatic heterocycles. The van der Waals surface area contributed by atoms with Crippen LogP contribution in [0.1, 0.15) is 37.2 Å². The summed E-state index contributed by atoms with van der Waals surface area (Å²) in [5, 5.41) is 19.7. The smallest absolute Gasteiger partial charge is 0.199 e. The number of nitrogens with zero attached hydrogens (tertiary/aromatic N) is 2. The topological polar surface area (TPSA) is 83.6 Å². The van der Waals surface area contributed by atoms with E-state index in [2.05, 4.69) is 9.98 Å². The predicted molar refractivity (Wildman–Crippen MR) is 111 cm³/mol. The summed E-state index contributed by atoms with van der Waals surface area (Å²) in [6.07, 6.45) is -0.702. The molecule has 6 nitrogen and oxygen atoms in total. The van der Waals surface area contributed by atoms with Crippen molar-refractivity contribution in [2.45, 2.75) is 38.1 Å². The van der Waals surface area contributed by atoms with E-state index < -0.39 is 5.41 Å². The Morgan fingerprint density at radius 1 is 0.724 bits per heavy atom. The van der Waals surface area contributed by atoms with E-state index in [1.807, 2.05) is 74.5 Å². The van der Waals surface area contributed by atoms with Crippen molar-refractivity contribution in [2.75, 3.05) is 13.2 Å². The minimum absolute atomic E-state index is 0.113. The van der Waals surface area contributed by atoms with Crippen LogP contribution in [0, 0.1) is 5.41 Å². The van der Waals surface area contributed by atoms with Crippen molar-refractivity contribution in [3.63, 3.8) is 0 Å². The standard InChI is InChI=1S/C23H26N2O4/c1-23(2,21-24-17(13-26)19(28-21)15-9-5-3-6-10-15)22-25-18(14-27)20(29-22)16-11-7-4-8-12-16/h3-12,17-20,26-27H,13-14H2,1-2H3. The van der Waals surface area contributed by atoms with E-state index in [4.69, 9.17) is 9.47 Å². The molecule has 2 aromatic rings. The molecule has 0 aromatic heterocycles. The summed E-state index contributed by atoms with van der Waals surface area (Å²) in [5.74, 6) is 0.962.